The lowest BCUT2D eigenvalue weighted by Crippen LogP contribution is -2.27. The fraction of sp³-hybridized carbons (Fsp3) is 0.429. The van der Waals surface area contributed by atoms with Gasteiger partial charge < -0.3 is 10.2 Å². The van der Waals surface area contributed by atoms with E-state index in [1.165, 1.54) is 4.52 Å². The van der Waals surface area contributed by atoms with Crippen molar-refractivity contribution in [1.82, 2.24) is 34.3 Å². The number of aryl methyl sites for hydroxylation is 1. The number of nitrogens with one attached hydrogen (secondary N) is 1. The average molecular weight is 354 g/mol. The molecule has 1 N–H and O–H groups in total. The molecule has 0 aromatic carbocycles. The summed E-state index contributed by atoms with van der Waals surface area (Å²) in [6, 6.07) is 0.840. The molecule has 0 saturated carbocycles. The molecule has 3 rings (SSSR count). The van der Waals surface area contributed by atoms with Gasteiger partial charge in [0.25, 0.3) is 5.78 Å². The van der Waals surface area contributed by atoms with Crippen molar-refractivity contribution in [2.24, 2.45) is 7.05 Å². The van der Waals surface area contributed by atoms with Crippen LogP contribution < -0.4 is 5.32 Å². The van der Waals surface area contributed by atoms with E-state index in [4.69, 9.17) is 0 Å². The van der Waals surface area contributed by atoms with Crippen molar-refractivity contribution >= 4 is 11.6 Å². The van der Waals surface area contributed by atoms with Crippen molar-refractivity contribution in [3.05, 3.63) is 36.0 Å². The number of hydrogen-bond acceptors (Lipinski definition) is 6. The Bertz CT molecular complexity index is 866. The number of anilines is 1. The maximum absolute atomic E-state index is 13.0. The summed E-state index contributed by atoms with van der Waals surface area (Å²) >= 11 is 0. The quantitative estimate of drug-likeness (QED) is 0.750. The number of nitrogens with zero attached hydrogens (tertiary/aromatic N) is 7. The van der Waals surface area contributed by atoms with Crippen LogP contribution >= 0.6 is 0 Å². The third kappa shape index (κ3) is 3.55. The number of rotatable bonds is 5. The van der Waals surface area contributed by atoms with Gasteiger partial charge in [-0.15, -0.1) is 0 Å². The molecular weight excluding hydrogens is 337 g/mol. The third-order valence-electron chi connectivity index (χ3n) is 3.75. The van der Waals surface area contributed by atoms with E-state index in [2.05, 4.69) is 25.5 Å². The van der Waals surface area contributed by atoms with E-state index in [0.717, 1.165) is 18.0 Å². The number of fused-ring (bicyclic) bond motifs is 1. The second-order valence-corrected chi connectivity index (χ2v) is 5.80. The van der Waals surface area contributed by atoms with Crippen LogP contribution in [0.2, 0.25) is 0 Å². The molecule has 1 atom stereocenters. The topological polar surface area (TPSA) is 76.2 Å². The monoisotopic (exact) mass is 354 g/mol. The first kappa shape index (κ1) is 17.1. The summed E-state index contributed by atoms with van der Waals surface area (Å²) in [5, 5.41) is 11.1. The highest BCUT2D eigenvalue weighted by atomic mass is 19.4. The second-order valence-electron chi connectivity index (χ2n) is 5.80. The van der Waals surface area contributed by atoms with Crippen LogP contribution in [0.25, 0.3) is 5.78 Å². The van der Waals surface area contributed by atoms with Crippen LogP contribution in [0.1, 0.15) is 17.3 Å². The summed E-state index contributed by atoms with van der Waals surface area (Å²) in [7, 11) is 5.58. The lowest BCUT2D eigenvalue weighted by molar-refractivity contribution is -0.141. The normalized spacial score (nSPS) is 13.6. The zero-order valence-corrected chi connectivity index (χ0v) is 13.9. The Labute approximate surface area is 141 Å². The van der Waals surface area contributed by atoms with Gasteiger partial charge >= 0.3 is 6.18 Å². The average Bonchev–Trinajstić information content (AvgIpc) is 3.14. The molecule has 11 heteroatoms. The summed E-state index contributed by atoms with van der Waals surface area (Å²) in [4.78, 5) is 9.20. The van der Waals surface area contributed by atoms with Gasteiger partial charge in [-0.3, -0.25) is 4.68 Å². The highest BCUT2D eigenvalue weighted by molar-refractivity contribution is 5.46. The molecule has 3 heterocycles. The Balaban J connectivity index is 1.90. The zero-order chi connectivity index (χ0) is 18.2. The minimum absolute atomic E-state index is 0.0882. The molecule has 0 saturated heterocycles. The van der Waals surface area contributed by atoms with Crippen molar-refractivity contribution in [2.75, 3.05) is 26.0 Å². The molecule has 25 heavy (non-hydrogen) atoms. The highest BCUT2D eigenvalue weighted by Crippen LogP contribution is 2.29. The van der Waals surface area contributed by atoms with Crippen LogP contribution in [0, 0.1) is 0 Å². The summed E-state index contributed by atoms with van der Waals surface area (Å²) in [6.07, 6.45) is 0.197. The van der Waals surface area contributed by atoms with Crippen molar-refractivity contribution in [2.45, 2.75) is 12.2 Å². The molecule has 0 fully saturated rings. The van der Waals surface area contributed by atoms with Gasteiger partial charge in [0, 0.05) is 31.4 Å². The second kappa shape index (κ2) is 6.31. The van der Waals surface area contributed by atoms with E-state index in [1.54, 1.807) is 17.9 Å². The molecule has 1 unspecified atom stereocenters. The van der Waals surface area contributed by atoms with Crippen LogP contribution in [0.5, 0.6) is 0 Å². The van der Waals surface area contributed by atoms with Crippen LogP contribution in [0.4, 0.5) is 19.0 Å². The lowest BCUT2D eigenvalue weighted by atomic mass is 10.1. The minimum atomic E-state index is -4.56. The van der Waals surface area contributed by atoms with Gasteiger partial charge in [0.05, 0.1) is 12.2 Å². The Kier molecular flexibility index (Phi) is 4.33. The SMILES string of the molecule is CN(C)C(CNc1cc(C(F)(F)F)nc2ncnn12)c1cnn(C)c1. The minimum Gasteiger partial charge on any atom is -0.368 e. The molecule has 0 aliphatic carbocycles. The van der Waals surface area contributed by atoms with Crippen LogP contribution in [-0.4, -0.2) is 54.9 Å². The van der Waals surface area contributed by atoms with E-state index in [-0.39, 0.29) is 17.6 Å². The van der Waals surface area contributed by atoms with E-state index in [1.807, 2.05) is 25.2 Å². The van der Waals surface area contributed by atoms with Gasteiger partial charge in [0.1, 0.15) is 12.1 Å². The lowest BCUT2D eigenvalue weighted by Gasteiger charge is -2.24. The van der Waals surface area contributed by atoms with Crippen LogP contribution in [0.15, 0.2) is 24.8 Å². The standard InChI is InChI=1S/C14H17F3N8/c1-23(2)10(9-5-20-24(3)7-9)6-18-12-4-11(14(15,16)17)22-13-19-8-21-25(12)13/h4-5,7-8,10,18H,6H2,1-3H3. The molecule has 3 aromatic heterocycles. The molecule has 0 aliphatic rings. The first-order valence-electron chi connectivity index (χ1n) is 7.42. The summed E-state index contributed by atoms with van der Waals surface area (Å²) < 4.78 is 42.0. The van der Waals surface area contributed by atoms with Gasteiger partial charge in [-0.2, -0.15) is 32.9 Å². The van der Waals surface area contributed by atoms with Crippen molar-refractivity contribution in [3.8, 4) is 0 Å². The molecule has 3 aromatic rings. The molecule has 8 nitrogen and oxygen atoms in total. The maximum atomic E-state index is 13.0. The zero-order valence-electron chi connectivity index (χ0n) is 13.9. The van der Waals surface area contributed by atoms with E-state index in [9.17, 15) is 13.2 Å². The number of alkyl halides is 3. The summed E-state index contributed by atoms with van der Waals surface area (Å²) in [5.41, 5.74) is -0.0711. The molecular formula is C14H17F3N8. The molecule has 0 amide bonds. The number of hydrogen-bond donors (Lipinski definition) is 1. The van der Waals surface area contributed by atoms with Crippen molar-refractivity contribution < 1.29 is 13.2 Å². The van der Waals surface area contributed by atoms with E-state index in [0.29, 0.717) is 6.54 Å². The first-order valence-corrected chi connectivity index (χ1v) is 7.42. The van der Waals surface area contributed by atoms with Crippen molar-refractivity contribution in [1.29, 1.82) is 0 Å². The maximum Gasteiger partial charge on any atom is 0.433 e. The largest absolute Gasteiger partial charge is 0.433 e. The highest BCUT2D eigenvalue weighted by Gasteiger charge is 2.34. The van der Waals surface area contributed by atoms with Gasteiger partial charge in [0.2, 0.25) is 0 Å². The van der Waals surface area contributed by atoms with Gasteiger partial charge in [-0.25, -0.2) is 4.98 Å². The molecule has 134 valence electrons. The predicted octanol–water partition coefficient (Wildman–Crippen LogP) is 1.59. The van der Waals surface area contributed by atoms with Gasteiger partial charge in [-0.05, 0) is 14.1 Å². The summed E-state index contributed by atoms with van der Waals surface area (Å²) in [5.74, 6) is 0.0608. The smallest absolute Gasteiger partial charge is 0.368 e. The number of aromatic nitrogens is 6. The number of halogens is 3. The summed E-state index contributed by atoms with van der Waals surface area (Å²) in [6.45, 7) is 0.356. The van der Waals surface area contributed by atoms with Gasteiger partial charge in [0.15, 0.2) is 5.69 Å². The fourth-order valence-corrected chi connectivity index (χ4v) is 2.50. The molecule has 0 radical (unpaired) electrons. The van der Waals surface area contributed by atoms with E-state index >= 15 is 0 Å². The third-order valence-corrected chi connectivity index (χ3v) is 3.75. The Hall–Kier alpha value is -2.69. The Morgan fingerprint density at radius 2 is 2.04 bits per heavy atom. The first-order chi connectivity index (χ1) is 11.8. The van der Waals surface area contributed by atoms with E-state index < -0.39 is 11.9 Å². The number of likely N-dealkylation sites (N-methyl/N-ethyl adjacent to an activating group) is 1. The van der Waals surface area contributed by atoms with Crippen molar-refractivity contribution in [3.63, 3.8) is 0 Å². The Morgan fingerprint density at radius 3 is 2.64 bits per heavy atom. The Morgan fingerprint density at radius 1 is 1.28 bits per heavy atom. The molecule has 0 spiro atoms. The van der Waals surface area contributed by atoms with Gasteiger partial charge in [-0.1, -0.05) is 0 Å². The molecule has 0 aliphatic heterocycles. The van der Waals surface area contributed by atoms with Crippen LogP contribution in [0.3, 0.4) is 0 Å². The predicted molar refractivity (Wildman–Crippen MR) is 83.9 cm³/mol. The van der Waals surface area contributed by atoms with Crippen LogP contribution in [-0.2, 0) is 13.2 Å². The fourth-order valence-electron chi connectivity index (χ4n) is 2.50. The molecule has 0 bridgehead atoms.